The van der Waals surface area contributed by atoms with Gasteiger partial charge in [-0.05, 0) is 31.2 Å². The van der Waals surface area contributed by atoms with Gasteiger partial charge in [-0.25, -0.2) is 14.3 Å². The van der Waals surface area contributed by atoms with E-state index in [0.717, 1.165) is 0 Å². The van der Waals surface area contributed by atoms with E-state index in [1.165, 1.54) is 42.1 Å². The Bertz CT molecular complexity index is 746. The molecule has 7 nitrogen and oxygen atoms in total. The van der Waals surface area contributed by atoms with Crippen LogP contribution >= 0.6 is 0 Å². The van der Waals surface area contributed by atoms with Crippen LogP contribution in [0.4, 0.5) is 0 Å². The van der Waals surface area contributed by atoms with E-state index in [9.17, 15) is 14.4 Å². The van der Waals surface area contributed by atoms with Crippen LogP contribution in [0.15, 0.2) is 35.3 Å². The molecule has 102 valence electrons. The molecule has 2 rings (SSSR count). The summed E-state index contributed by atoms with van der Waals surface area (Å²) in [4.78, 5) is 33.3. The maximum absolute atomic E-state index is 11.6. The molecule has 2 N–H and O–H groups in total. The number of hydrogen-bond acceptors (Lipinski definition) is 4. The smallest absolute Gasteiger partial charge is 0.360 e. The number of carboxylic acid groups (broad SMARTS) is 2. The maximum atomic E-state index is 11.6. The Morgan fingerprint density at radius 3 is 2.20 bits per heavy atom. The lowest BCUT2D eigenvalue weighted by Crippen LogP contribution is -2.23. The summed E-state index contributed by atoms with van der Waals surface area (Å²) in [6, 6.07) is 5.69. The third-order valence-corrected chi connectivity index (χ3v) is 2.68. The fraction of sp³-hybridized carbons (Fsp3) is 0.0769. The van der Waals surface area contributed by atoms with Crippen molar-refractivity contribution >= 4 is 11.9 Å². The second kappa shape index (κ2) is 4.96. The minimum absolute atomic E-state index is 0.102. The van der Waals surface area contributed by atoms with Gasteiger partial charge < -0.3 is 10.2 Å². The molecule has 0 saturated carbocycles. The molecule has 0 amide bonds. The first-order valence-corrected chi connectivity index (χ1v) is 5.58. The van der Waals surface area contributed by atoms with Gasteiger partial charge in [0.25, 0.3) is 0 Å². The quantitative estimate of drug-likeness (QED) is 0.861. The second-order valence-corrected chi connectivity index (χ2v) is 4.09. The van der Waals surface area contributed by atoms with E-state index >= 15 is 0 Å². The number of carboxylic acids is 2. The Kier molecular flexibility index (Phi) is 3.34. The number of benzene rings is 1. The predicted molar refractivity (Wildman–Crippen MR) is 68.5 cm³/mol. The van der Waals surface area contributed by atoms with Gasteiger partial charge in [0, 0.05) is 11.8 Å². The first-order chi connectivity index (χ1) is 9.40. The molecule has 0 aliphatic rings. The summed E-state index contributed by atoms with van der Waals surface area (Å²) >= 11 is 0. The highest BCUT2D eigenvalue weighted by Gasteiger charge is 2.14. The van der Waals surface area contributed by atoms with E-state index in [0.29, 0.717) is 5.69 Å². The number of aryl methyl sites for hydroxylation is 1. The standard InChI is InChI=1S/C13H10N2O5/c1-7-6-15(14-10(11(7)16)13(19)20)9-4-2-8(3-5-9)12(17)18/h2-6H,1H3,(H,17,18)(H,19,20). The van der Waals surface area contributed by atoms with E-state index in [1.54, 1.807) is 0 Å². The van der Waals surface area contributed by atoms with Gasteiger partial charge in [0.05, 0.1) is 11.3 Å². The van der Waals surface area contributed by atoms with Crippen LogP contribution in [0, 0.1) is 6.92 Å². The molecule has 1 aromatic carbocycles. The Morgan fingerprint density at radius 2 is 1.70 bits per heavy atom. The molecule has 0 spiro atoms. The number of aromatic nitrogens is 2. The first-order valence-electron chi connectivity index (χ1n) is 5.58. The average molecular weight is 274 g/mol. The Hall–Kier alpha value is -2.96. The van der Waals surface area contributed by atoms with Crippen LogP contribution in [0.5, 0.6) is 0 Å². The minimum Gasteiger partial charge on any atom is -0.478 e. The number of rotatable bonds is 3. The van der Waals surface area contributed by atoms with Crippen molar-refractivity contribution in [2.75, 3.05) is 0 Å². The third kappa shape index (κ3) is 2.41. The zero-order valence-corrected chi connectivity index (χ0v) is 10.4. The Balaban J connectivity index is 2.55. The van der Waals surface area contributed by atoms with Crippen molar-refractivity contribution in [2.45, 2.75) is 6.92 Å². The minimum atomic E-state index is -1.41. The van der Waals surface area contributed by atoms with E-state index in [-0.39, 0.29) is 11.1 Å². The van der Waals surface area contributed by atoms with Crippen molar-refractivity contribution in [3.8, 4) is 5.69 Å². The van der Waals surface area contributed by atoms with Gasteiger partial charge in [0.2, 0.25) is 11.1 Å². The van der Waals surface area contributed by atoms with Crippen LogP contribution in [-0.4, -0.2) is 31.9 Å². The predicted octanol–water partition coefficient (Wildman–Crippen LogP) is 0.937. The number of nitrogens with zero attached hydrogens (tertiary/aromatic N) is 2. The molecule has 0 unspecified atom stereocenters. The number of hydrogen-bond donors (Lipinski definition) is 2. The van der Waals surface area contributed by atoms with Gasteiger partial charge in [-0.2, -0.15) is 5.10 Å². The largest absolute Gasteiger partial charge is 0.478 e. The highest BCUT2D eigenvalue weighted by Crippen LogP contribution is 2.09. The molecule has 2 aromatic rings. The molecule has 0 radical (unpaired) electrons. The Morgan fingerprint density at radius 1 is 1.10 bits per heavy atom. The average Bonchev–Trinajstić information content (AvgIpc) is 2.41. The lowest BCUT2D eigenvalue weighted by atomic mass is 10.2. The van der Waals surface area contributed by atoms with Gasteiger partial charge in [0.1, 0.15) is 0 Å². The number of aromatic carboxylic acids is 2. The van der Waals surface area contributed by atoms with Gasteiger partial charge in [-0.3, -0.25) is 4.79 Å². The maximum Gasteiger partial charge on any atom is 0.360 e. The summed E-state index contributed by atoms with van der Waals surface area (Å²) in [5.74, 6) is -2.47. The van der Waals surface area contributed by atoms with Gasteiger partial charge >= 0.3 is 11.9 Å². The fourth-order valence-electron chi connectivity index (χ4n) is 1.64. The zero-order chi connectivity index (χ0) is 14.9. The van der Waals surface area contributed by atoms with Crippen LogP contribution in [0.3, 0.4) is 0 Å². The fourth-order valence-corrected chi connectivity index (χ4v) is 1.64. The lowest BCUT2D eigenvalue weighted by molar-refractivity contribution is 0.0680. The van der Waals surface area contributed by atoms with Gasteiger partial charge in [0.15, 0.2) is 0 Å². The summed E-state index contributed by atoms with van der Waals surface area (Å²) in [6.45, 7) is 1.48. The topological polar surface area (TPSA) is 109 Å². The third-order valence-electron chi connectivity index (χ3n) is 2.68. The van der Waals surface area contributed by atoms with Crippen LogP contribution in [0.25, 0.3) is 5.69 Å². The molecule has 0 bridgehead atoms. The number of carbonyl (C=O) groups is 2. The molecule has 0 fully saturated rings. The first kappa shape index (κ1) is 13.5. The van der Waals surface area contributed by atoms with Crippen molar-refractivity contribution in [1.82, 2.24) is 9.78 Å². The van der Waals surface area contributed by atoms with Crippen molar-refractivity contribution in [3.05, 3.63) is 57.5 Å². The molecule has 20 heavy (non-hydrogen) atoms. The summed E-state index contributed by atoms with van der Waals surface area (Å²) < 4.78 is 1.23. The summed E-state index contributed by atoms with van der Waals surface area (Å²) in [5, 5.41) is 21.5. The van der Waals surface area contributed by atoms with E-state index in [4.69, 9.17) is 10.2 Å². The summed E-state index contributed by atoms with van der Waals surface area (Å²) in [6.07, 6.45) is 1.39. The summed E-state index contributed by atoms with van der Waals surface area (Å²) in [7, 11) is 0. The normalized spacial score (nSPS) is 10.2. The SMILES string of the molecule is Cc1cn(-c2ccc(C(=O)O)cc2)nc(C(=O)O)c1=O. The molecule has 0 atom stereocenters. The zero-order valence-electron chi connectivity index (χ0n) is 10.4. The summed E-state index contributed by atoms with van der Waals surface area (Å²) in [5.41, 5.74) is -0.423. The highest BCUT2D eigenvalue weighted by molar-refractivity contribution is 5.87. The van der Waals surface area contributed by atoms with E-state index in [2.05, 4.69) is 5.10 Å². The molecule has 0 saturated heterocycles. The van der Waals surface area contributed by atoms with E-state index < -0.39 is 23.1 Å². The van der Waals surface area contributed by atoms with Crippen molar-refractivity contribution in [1.29, 1.82) is 0 Å². The molecular weight excluding hydrogens is 264 g/mol. The molecule has 0 aliphatic heterocycles. The molecular formula is C13H10N2O5. The monoisotopic (exact) mass is 274 g/mol. The van der Waals surface area contributed by atoms with Gasteiger partial charge in [-0.1, -0.05) is 0 Å². The van der Waals surface area contributed by atoms with Crippen LogP contribution < -0.4 is 5.43 Å². The molecule has 7 heteroatoms. The van der Waals surface area contributed by atoms with Gasteiger partial charge in [-0.15, -0.1) is 0 Å². The molecule has 0 aliphatic carbocycles. The highest BCUT2D eigenvalue weighted by atomic mass is 16.4. The lowest BCUT2D eigenvalue weighted by Gasteiger charge is -2.07. The molecule has 1 heterocycles. The van der Waals surface area contributed by atoms with Crippen molar-refractivity contribution < 1.29 is 19.8 Å². The van der Waals surface area contributed by atoms with Crippen molar-refractivity contribution in [2.24, 2.45) is 0 Å². The Labute approximate surface area is 112 Å². The van der Waals surface area contributed by atoms with Crippen LogP contribution in [0.1, 0.15) is 26.4 Å². The second-order valence-electron chi connectivity index (χ2n) is 4.09. The van der Waals surface area contributed by atoms with E-state index in [1.807, 2.05) is 0 Å². The van der Waals surface area contributed by atoms with Crippen LogP contribution in [-0.2, 0) is 0 Å². The van der Waals surface area contributed by atoms with Crippen LogP contribution in [0.2, 0.25) is 0 Å². The molecule has 1 aromatic heterocycles. The van der Waals surface area contributed by atoms with Crippen molar-refractivity contribution in [3.63, 3.8) is 0 Å².